The van der Waals surface area contributed by atoms with Crippen LogP contribution in [0, 0.1) is 11.3 Å². The maximum atomic E-state index is 12.7. The molecule has 114 valence electrons. The lowest BCUT2D eigenvalue weighted by atomic mass is 10.1. The number of pyridine rings is 1. The summed E-state index contributed by atoms with van der Waals surface area (Å²) in [4.78, 5) is 3.80. The van der Waals surface area contributed by atoms with Crippen molar-refractivity contribution in [2.75, 3.05) is 19.7 Å². The van der Waals surface area contributed by atoms with Crippen molar-refractivity contribution in [2.24, 2.45) is 0 Å². The van der Waals surface area contributed by atoms with Gasteiger partial charge in [-0.05, 0) is 31.4 Å². The lowest BCUT2D eigenvalue weighted by Gasteiger charge is -2.31. The quantitative estimate of drug-likeness (QED) is 0.823. The predicted octanol–water partition coefficient (Wildman–Crippen LogP) is 1.53. The Morgan fingerprint density at radius 3 is 3.10 bits per heavy atom. The van der Waals surface area contributed by atoms with Crippen molar-refractivity contribution >= 4 is 10.0 Å². The highest BCUT2D eigenvalue weighted by Gasteiger charge is 2.32. The molecule has 7 heteroatoms. The molecule has 2 heterocycles. The Hall–Kier alpha value is -1.49. The zero-order valence-corrected chi connectivity index (χ0v) is 12.8. The number of nitriles is 1. The molecule has 21 heavy (non-hydrogen) atoms. The van der Waals surface area contributed by atoms with Crippen LogP contribution in [0.15, 0.2) is 23.2 Å². The zero-order valence-electron chi connectivity index (χ0n) is 12.0. The summed E-state index contributed by atoms with van der Waals surface area (Å²) in [5.74, 6) is 0. The molecule has 0 aromatic carbocycles. The van der Waals surface area contributed by atoms with Gasteiger partial charge in [0.05, 0.1) is 6.10 Å². The van der Waals surface area contributed by atoms with E-state index in [1.54, 1.807) is 0 Å². The van der Waals surface area contributed by atoms with Crippen molar-refractivity contribution < 1.29 is 13.2 Å². The largest absolute Gasteiger partial charge is 0.377 e. The molecule has 0 spiro atoms. The van der Waals surface area contributed by atoms with Crippen molar-refractivity contribution in [2.45, 2.75) is 37.2 Å². The van der Waals surface area contributed by atoms with Gasteiger partial charge in [0, 0.05) is 25.9 Å². The lowest BCUT2D eigenvalue weighted by Crippen LogP contribution is -2.43. The first-order valence-electron chi connectivity index (χ1n) is 7.06. The Morgan fingerprint density at radius 1 is 1.57 bits per heavy atom. The summed E-state index contributed by atoms with van der Waals surface area (Å²) in [6.45, 7) is 3.44. The smallest absolute Gasteiger partial charge is 0.246 e. The Balaban J connectivity index is 2.21. The molecule has 0 radical (unpaired) electrons. The molecular formula is C14H19N3O3S. The monoisotopic (exact) mass is 309 g/mol. The number of sulfonamides is 1. The summed E-state index contributed by atoms with van der Waals surface area (Å²) in [7, 11) is -3.69. The van der Waals surface area contributed by atoms with Gasteiger partial charge in [-0.25, -0.2) is 13.4 Å². The third-order valence-electron chi connectivity index (χ3n) is 3.39. The van der Waals surface area contributed by atoms with E-state index in [1.807, 2.05) is 13.0 Å². The predicted molar refractivity (Wildman–Crippen MR) is 77.0 cm³/mol. The molecule has 6 nitrogen and oxygen atoms in total. The van der Waals surface area contributed by atoms with Crippen LogP contribution in [0.4, 0.5) is 0 Å². The van der Waals surface area contributed by atoms with Crippen molar-refractivity contribution in [1.82, 2.24) is 9.29 Å². The van der Waals surface area contributed by atoms with E-state index in [9.17, 15) is 8.42 Å². The number of aromatic nitrogens is 1. The Morgan fingerprint density at radius 2 is 2.38 bits per heavy atom. The van der Waals surface area contributed by atoms with E-state index in [0.29, 0.717) is 19.7 Å². The number of ether oxygens (including phenoxy) is 1. The molecule has 1 atom stereocenters. The summed E-state index contributed by atoms with van der Waals surface area (Å²) >= 11 is 0. The summed E-state index contributed by atoms with van der Waals surface area (Å²) in [6.07, 6.45) is 3.88. The molecule has 1 aromatic rings. The molecule has 0 N–H and O–H groups in total. The second-order valence-corrected chi connectivity index (χ2v) is 6.87. The van der Waals surface area contributed by atoms with E-state index in [4.69, 9.17) is 10.00 Å². The maximum Gasteiger partial charge on any atom is 0.246 e. The van der Waals surface area contributed by atoms with Gasteiger partial charge >= 0.3 is 0 Å². The van der Waals surface area contributed by atoms with E-state index in [1.165, 1.54) is 22.6 Å². The van der Waals surface area contributed by atoms with E-state index < -0.39 is 10.0 Å². The van der Waals surface area contributed by atoms with Gasteiger partial charge in [-0.15, -0.1) is 0 Å². The molecule has 1 aromatic heterocycles. The van der Waals surface area contributed by atoms with Gasteiger partial charge in [0.15, 0.2) is 5.69 Å². The van der Waals surface area contributed by atoms with Crippen molar-refractivity contribution in [3.8, 4) is 6.07 Å². The fourth-order valence-electron chi connectivity index (χ4n) is 2.37. The van der Waals surface area contributed by atoms with Crippen LogP contribution < -0.4 is 0 Å². The Kier molecular flexibility index (Phi) is 5.28. The van der Waals surface area contributed by atoms with Gasteiger partial charge in [-0.2, -0.15) is 9.57 Å². The molecule has 1 aliphatic heterocycles. The standard InChI is InChI=1S/C14H19N3O3S/c1-2-9-20-12-5-4-8-17(11-12)21(18,19)14-6-3-7-16-13(14)10-15/h3,6-7,12H,2,4-5,8-9,11H2,1H3. The molecule has 0 bridgehead atoms. The van der Waals surface area contributed by atoms with E-state index in [2.05, 4.69) is 4.98 Å². The van der Waals surface area contributed by atoms with Gasteiger partial charge in [-0.1, -0.05) is 6.92 Å². The summed E-state index contributed by atoms with van der Waals surface area (Å²) in [6, 6.07) is 4.80. The number of hydrogen-bond donors (Lipinski definition) is 0. The summed E-state index contributed by atoms with van der Waals surface area (Å²) in [5.41, 5.74) is -0.0610. The van der Waals surface area contributed by atoms with Gasteiger partial charge in [0.25, 0.3) is 0 Å². The molecule has 0 aliphatic carbocycles. The van der Waals surface area contributed by atoms with Crippen molar-refractivity contribution in [1.29, 1.82) is 5.26 Å². The Bertz CT molecular complexity index is 625. The van der Waals surface area contributed by atoms with Crippen LogP contribution >= 0.6 is 0 Å². The second-order valence-electron chi connectivity index (χ2n) is 4.96. The molecule has 1 aliphatic rings. The first kappa shape index (κ1) is 15.9. The molecule has 1 saturated heterocycles. The van der Waals surface area contributed by atoms with Gasteiger partial charge in [0.2, 0.25) is 10.0 Å². The fraction of sp³-hybridized carbons (Fsp3) is 0.571. The third kappa shape index (κ3) is 3.59. The topological polar surface area (TPSA) is 83.3 Å². The molecule has 0 amide bonds. The van der Waals surface area contributed by atoms with Crippen molar-refractivity contribution in [3.63, 3.8) is 0 Å². The first-order chi connectivity index (χ1) is 10.1. The average Bonchev–Trinajstić information content (AvgIpc) is 2.53. The summed E-state index contributed by atoms with van der Waals surface area (Å²) < 4.78 is 32.4. The number of piperidine rings is 1. The first-order valence-corrected chi connectivity index (χ1v) is 8.50. The molecule has 2 rings (SSSR count). The molecular weight excluding hydrogens is 290 g/mol. The van der Waals surface area contributed by atoms with Crippen LogP contribution in [-0.4, -0.2) is 43.5 Å². The SMILES string of the molecule is CCCOC1CCCN(S(=O)(=O)c2cccnc2C#N)C1. The van der Waals surface area contributed by atoms with E-state index in [-0.39, 0.29) is 16.7 Å². The molecule has 1 fully saturated rings. The Labute approximate surface area is 125 Å². The van der Waals surface area contributed by atoms with Crippen LogP contribution in [0.25, 0.3) is 0 Å². The maximum absolute atomic E-state index is 12.7. The van der Waals surface area contributed by atoms with Crippen LogP contribution in [0.1, 0.15) is 31.9 Å². The number of rotatable bonds is 5. The highest BCUT2D eigenvalue weighted by Crippen LogP contribution is 2.23. The van der Waals surface area contributed by atoms with E-state index >= 15 is 0 Å². The number of nitrogens with zero attached hydrogens (tertiary/aromatic N) is 3. The minimum absolute atomic E-state index is 0.0244. The third-order valence-corrected chi connectivity index (χ3v) is 5.29. The minimum atomic E-state index is -3.69. The number of hydrogen-bond acceptors (Lipinski definition) is 5. The average molecular weight is 309 g/mol. The lowest BCUT2D eigenvalue weighted by molar-refractivity contribution is 0.0193. The normalized spacial score (nSPS) is 20.1. The van der Waals surface area contributed by atoms with Gasteiger partial charge in [-0.3, -0.25) is 0 Å². The van der Waals surface area contributed by atoms with E-state index in [0.717, 1.165) is 19.3 Å². The summed E-state index contributed by atoms with van der Waals surface area (Å²) in [5, 5.41) is 9.03. The zero-order chi connectivity index (χ0) is 15.3. The van der Waals surface area contributed by atoms with Crippen molar-refractivity contribution in [3.05, 3.63) is 24.0 Å². The van der Waals surface area contributed by atoms with Crippen LogP contribution in [0.3, 0.4) is 0 Å². The van der Waals surface area contributed by atoms with Gasteiger partial charge in [0.1, 0.15) is 11.0 Å². The molecule has 1 unspecified atom stereocenters. The van der Waals surface area contributed by atoms with Crippen LogP contribution in [0.2, 0.25) is 0 Å². The van der Waals surface area contributed by atoms with Gasteiger partial charge < -0.3 is 4.74 Å². The molecule has 0 saturated carbocycles. The second kappa shape index (κ2) is 6.98. The minimum Gasteiger partial charge on any atom is -0.377 e. The highest BCUT2D eigenvalue weighted by molar-refractivity contribution is 7.89. The van der Waals surface area contributed by atoms with Crippen LogP contribution in [0.5, 0.6) is 0 Å². The fourth-order valence-corrected chi connectivity index (χ4v) is 3.97. The van der Waals surface area contributed by atoms with Crippen LogP contribution in [-0.2, 0) is 14.8 Å². The highest BCUT2D eigenvalue weighted by atomic mass is 32.2.